The maximum absolute atomic E-state index is 8.89. The second-order valence-corrected chi connectivity index (χ2v) is 33.4. The van der Waals surface area contributed by atoms with E-state index in [2.05, 4.69) is 107 Å². The van der Waals surface area contributed by atoms with Crippen LogP contribution in [0.5, 0.6) is 11.5 Å². The normalized spacial score (nSPS) is 18.8. The van der Waals surface area contributed by atoms with Crippen LogP contribution in [0.25, 0.3) is 98.9 Å². The molecule has 103 heavy (non-hydrogen) atoms. The van der Waals surface area contributed by atoms with Gasteiger partial charge in [0.15, 0.2) is 27.9 Å². The molecule has 0 N–H and O–H groups in total. The number of halogens is 1. The maximum atomic E-state index is 8.89. The van der Waals surface area contributed by atoms with Crippen LogP contribution in [0.1, 0.15) is 162 Å². The summed E-state index contributed by atoms with van der Waals surface area (Å²) in [6, 6.07) is 51.7. The van der Waals surface area contributed by atoms with Crippen LogP contribution in [-0.4, -0.2) is 86.2 Å². The number of methoxy groups -OCH3 is 2. The van der Waals surface area contributed by atoms with Gasteiger partial charge in [-0.2, -0.15) is 0 Å². The number of ether oxygens (including phenoxy) is 2. The largest absolute Gasteiger partial charge is 1.00 e. The minimum Gasteiger partial charge on any atom is -0.550 e. The average Bonchev–Trinajstić information content (AvgIpc) is 1.60. The number of fused-ring (bicyclic) bond motifs is 14. The number of benzene rings is 8. The Morgan fingerprint density at radius 3 is 1.21 bits per heavy atom. The first kappa shape index (κ1) is 78.4. The predicted octanol–water partition coefficient (Wildman–Crippen LogP) is 17.7. The van der Waals surface area contributed by atoms with Crippen LogP contribution < -0.4 is 76.7 Å². The summed E-state index contributed by atoms with van der Waals surface area (Å²) in [6.45, 7) is 25.4. The first-order chi connectivity index (χ1) is 48.1. The summed E-state index contributed by atoms with van der Waals surface area (Å²) < 4.78 is 72.6. The molecule has 0 atom stereocenters. The van der Waals surface area contributed by atoms with Crippen molar-refractivity contribution in [3.8, 4) is 22.6 Å². The molecule has 4 aromatic heterocycles. The fourth-order valence-electron chi connectivity index (χ4n) is 14.7. The summed E-state index contributed by atoms with van der Waals surface area (Å²) in [4.78, 5) is 8.89. The van der Waals surface area contributed by atoms with Gasteiger partial charge in [0.2, 0.25) is 0 Å². The van der Waals surface area contributed by atoms with Crippen molar-refractivity contribution in [2.75, 3.05) is 14.2 Å². The molecule has 20 heteroatoms. The molecule has 17 rings (SSSR count). The Hall–Kier alpha value is -5.66. The predicted molar refractivity (Wildman–Crippen MR) is 418 cm³/mol. The molecule has 7 heterocycles. The molecule has 3 aliphatic heterocycles. The zero-order chi connectivity index (χ0) is 71.6. The van der Waals surface area contributed by atoms with Gasteiger partial charge in [-0.05, 0) is 192 Å². The molecule has 0 amide bonds. The van der Waals surface area contributed by atoms with E-state index in [1.807, 2.05) is 128 Å². The Labute approximate surface area is 655 Å². The van der Waals surface area contributed by atoms with E-state index in [1.54, 1.807) is 19.5 Å². The quantitative estimate of drug-likeness (QED) is 0.104. The molecule has 0 spiro atoms. The number of carbonyl (C=O) groups is 1. The first-order valence-electron chi connectivity index (χ1n) is 35.6. The van der Waals surface area contributed by atoms with Gasteiger partial charge in [-0.3, -0.25) is 0 Å². The summed E-state index contributed by atoms with van der Waals surface area (Å²) in [5.74, 6) is 0.748. The summed E-state index contributed by atoms with van der Waals surface area (Å²) in [5, 5.41) is 19.5. The van der Waals surface area contributed by atoms with E-state index in [-0.39, 0.29) is 89.1 Å². The number of rotatable bonds is 8. The summed E-state index contributed by atoms with van der Waals surface area (Å²) >= 11 is 6.23. The van der Waals surface area contributed by atoms with E-state index >= 15 is 0 Å². The third-order valence-corrected chi connectivity index (χ3v) is 25.9. The molecule has 534 valence electrons. The third kappa shape index (κ3) is 15.4. The van der Waals surface area contributed by atoms with Crippen LogP contribution >= 0.6 is 19.5 Å². The number of hydrogen-bond acceptors (Lipinski definition) is 14. The standard InChI is InChI=1S/C26H35O2P.C24H21BO4.C18H9ClO2.C12H24B2O4.C2H4O2.CH4.K/c1-27-23-17-11-18-24(28-2)26(23)22-16-9-10-19-25(22)29(20-12-5-3-6-13-20)21-14-7-4-8-15-21;1-23(2)24(3,4)29-25(28-23)18-10-7-9-15-17-13-12-16-14-8-5-6-11-19(14)26-21(16)22(17)27-20(15)18;19-14-6-3-5-11-13-9-8-12-10-4-1-2-7-15(10)20-17(12)18(13)21-16(11)14;1-9(2)10(3,4)16-13(15-9)14-17-11(5,6)12(7,8)18-14;1-2(3)4;;/h9-11,16-21H,3-8,12-15H2,1-2H3;5-13H,1-4H3;1-9H;1-8H3;1H3,(H,3,4);1H4;/q;;;;;;+1/p-1. The van der Waals surface area contributed by atoms with Crippen molar-refractivity contribution in [1.29, 1.82) is 0 Å². The number of carbonyl (C=O) groups excluding carboxylic acids is 1. The second-order valence-electron chi connectivity index (χ2n) is 30.3. The second kappa shape index (κ2) is 31.3. The average molecular weight is 1460 g/mol. The molecule has 5 aliphatic rings. The van der Waals surface area contributed by atoms with Crippen molar-refractivity contribution < 1.29 is 116 Å². The van der Waals surface area contributed by atoms with Crippen molar-refractivity contribution in [2.24, 2.45) is 0 Å². The number of hydrogen-bond donors (Lipinski definition) is 0. The number of carboxylic acid groups (broad SMARTS) is 1. The summed E-state index contributed by atoms with van der Waals surface area (Å²) in [5.41, 5.74) is 9.18. The number of furan rings is 4. The SMILES string of the molecule is C.CC(=O)[O-].CC1(C)OB(B2OC(C)(C)C(C)(C)O2)OC1(C)C.CC1(C)OB(c2cccc3c2oc2c3ccc3c4ccccc4oc32)OC1(C)C.COc1cccc(OC)c1-c1ccccc1P(C1CCCCC1)C1CCCCC1.Clc1cccc2c1oc1c2ccc2c3ccccc3oc21.[K+]. The van der Waals surface area contributed by atoms with Gasteiger partial charge < -0.3 is 65.0 Å². The molecule has 12 aromatic rings. The van der Waals surface area contributed by atoms with Crippen molar-refractivity contribution in [3.05, 3.63) is 157 Å². The molecule has 0 radical (unpaired) electrons. The van der Waals surface area contributed by atoms with Crippen LogP contribution in [0, 0.1) is 0 Å². The van der Waals surface area contributed by atoms with Crippen molar-refractivity contribution >= 4 is 145 Å². The van der Waals surface area contributed by atoms with E-state index in [0.717, 1.165) is 123 Å². The monoisotopic (exact) mass is 1450 g/mol. The van der Waals surface area contributed by atoms with E-state index < -0.39 is 38.3 Å². The molecule has 2 aliphatic carbocycles. The third-order valence-electron chi connectivity index (χ3n) is 22.1. The van der Waals surface area contributed by atoms with Crippen LogP contribution in [0.15, 0.2) is 169 Å². The van der Waals surface area contributed by atoms with Crippen molar-refractivity contribution in [1.82, 2.24) is 0 Å². The topological polar surface area (TPSA) is 167 Å². The zero-order valence-corrected chi connectivity index (χ0v) is 66.7. The van der Waals surface area contributed by atoms with E-state index in [1.165, 1.54) is 69.8 Å². The molecule has 0 unspecified atom stereocenters. The molecular weight excluding hydrogens is 1360 g/mol. The Morgan fingerprint density at radius 1 is 0.427 bits per heavy atom. The van der Waals surface area contributed by atoms with Crippen molar-refractivity contribution in [3.63, 3.8) is 0 Å². The van der Waals surface area contributed by atoms with Gasteiger partial charge in [-0.25, -0.2) is 0 Å². The Kier molecular flexibility index (Phi) is 23.8. The fourth-order valence-corrected chi connectivity index (χ4v) is 18.8. The maximum Gasteiger partial charge on any atom is 1.00 e. The van der Waals surface area contributed by atoms with Crippen LogP contribution in [0.2, 0.25) is 5.02 Å². The van der Waals surface area contributed by atoms with Gasteiger partial charge in [0.25, 0.3) is 0 Å². The van der Waals surface area contributed by atoms with Crippen molar-refractivity contribution in [2.45, 2.75) is 207 Å². The molecule has 0 bridgehead atoms. The zero-order valence-electron chi connectivity index (χ0n) is 61.9. The first-order valence-corrected chi connectivity index (χ1v) is 37.5. The smallest absolute Gasteiger partial charge is 0.550 e. The van der Waals surface area contributed by atoms with Gasteiger partial charge in [0.05, 0.1) is 58.4 Å². The number of aliphatic carboxylic acids is 1. The molecule has 14 nitrogen and oxygen atoms in total. The molecular formula is C83H96B3ClKO14P. The van der Waals surface area contributed by atoms with Gasteiger partial charge >= 0.3 is 72.5 Å². The summed E-state index contributed by atoms with van der Waals surface area (Å²) in [7, 11) is 1.93. The van der Waals surface area contributed by atoms with Gasteiger partial charge in [0.1, 0.15) is 28.2 Å². The van der Waals surface area contributed by atoms with Gasteiger partial charge in [-0.15, -0.1) is 0 Å². The fraction of sp³-hybridized carbons (Fsp3) is 0.410. The Morgan fingerprint density at radius 2 is 0.767 bits per heavy atom. The van der Waals surface area contributed by atoms with Crippen LogP contribution in [-0.2, 0) is 32.7 Å². The van der Waals surface area contributed by atoms with Crippen LogP contribution in [0.4, 0.5) is 0 Å². The summed E-state index contributed by atoms with van der Waals surface area (Å²) in [6.07, 6.45) is 14.2. The molecule has 3 saturated heterocycles. The minimum atomic E-state index is -1.08. The van der Waals surface area contributed by atoms with Gasteiger partial charge in [0, 0.05) is 54.5 Å². The van der Waals surface area contributed by atoms with Crippen LogP contribution in [0.3, 0.4) is 0 Å². The Bertz CT molecular complexity index is 4870. The molecule has 5 fully saturated rings. The van der Waals surface area contributed by atoms with E-state index in [4.69, 9.17) is 76.6 Å². The Balaban J connectivity index is 0.000000137. The minimum absolute atomic E-state index is 0. The number of para-hydroxylation sites is 4. The molecule has 2 saturated carbocycles. The molecule has 8 aromatic carbocycles. The van der Waals surface area contributed by atoms with E-state index in [0.29, 0.717) is 10.6 Å². The number of carboxylic acids is 1. The van der Waals surface area contributed by atoms with E-state index in [9.17, 15) is 0 Å². The van der Waals surface area contributed by atoms with Gasteiger partial charge in [-0.1, -0.05) is 163 Å².